The zero-order valence-corrected chi connectivity index (χ0v) is 14.4. The molecule has 130 valence electrons. The number of carbonyl (C=O) groups is 1. The molecule has 2 heterocycles. The third kappa shape index (κ3) is 3.24. The predicted octanol–water partition coefficient (Wildman–Crippen LogP) is 3.25. The molecule has 2 aliphatic rings. The number of pyridine rings is 1. The Hall–Kier alpha value is -2.40. The Labute approximate surface area is 148 Å². The van der Waals surface area contributed by atoms with Gasteiger partial charge in [0.2, 0.25) is 0 Å². The molecule has 0 spiro atoms. The number of aromatic nitrogens is 1. The standard InChI is InChI=1S/C20H24N4O/c21-20(25)24(19-5-2-10-22-14-19)18-7-6-15-8-11-23(17-3-1-4-17)12-9-16(15)13-18/h2,5-7,10,13-14,17H,1,3-4,8-9,11-12H2,(H2,21,25). The number of nitrogens with zero attached hydrogens (tertiary/aromatic N) is 3. The first-order valence-corrected chi connectivity index (χ1v) is 9.08. The summed E-state index contributed by atoms with van der Waals surface area (Å²) < 4.78 is 0. The summed E-state index contributed by atoms with van der Waals surface area (Å²) in [4.78, 5) is 20.3. The van der Waals surface area contributed by atoms with Gasteiger partial charge in [0.15, 0.2) is 0 Å². The molecule has 0 atom stereocenters. The minimum Gasteiger partial charge on any atom is -0.351 e. The minimum atomic E-state index is -0.488. The Balaban J connectivity index is 1.60. The molecule has 2 N–H and O–H groups in total. The van der Waals surface area contributed by atoms with Crippen molar-refractivity contribution in [3.05, 3.63) is 53.9 Å². The first-order valence-electron chi connectivity index (χ1n) is 9.08. The number of benzene rings is 1. The number of hydrogen-bond acceptors (Lipinski definition) is 3. The van der Waals surface area contributed by atoms with Gasteiger partial charge in [-0.15, -0.1) is 0 Å². The summed E-state index contributed by atoms with van der Waals surface area (Å²) >= 11 is 0. The van der Waals surface area contributed by atoms with Gasteiger partial charge in [-0.1, -0.05) is 12.5 Å². The quantitative estimate of drug-likeness (QED) is 0.936. The summed E-state index contributed by atoms with van der Waals surface area (Å²) in [6.45, 7) is 2.24. The fourth-order valence-corrected chi connectivity index (χ4v) is 3.87. The highest BCUT2D eigenvalue weighted by atomic mass is 16.2. The number of amides is 2. The first kappa shape index (κ1) is 16.1. The van der Waals surface area contributed by atoms with Gasteiger partial charge < -0.3 is 5.73 Å². The molecule has 5 nitrogen and oxygen atoms in total. The Bertz CT molecular complexity index is 758. The van der Waals surface area contributed by atoms with E-state index in [1.165, 1.54) is 35.3 Å². The van der Waals surface area contributed by atoms with Gasteiger partial charge >= 0.3 is 6.03 Å². The van der Waals surface area contributed by atoms with Gasteiger partial charge in [0, 0.05) is 25.3 Å². The van der Waals surface area contributed by atoms with Crippen molar-refractivity contribution in [3.8, 4) is 0 Å². The van der Waals surface area contributed by atoms with E-state index in [-0.39, 0.29) is 0 Å². The van der Waals surface area contributed by atoms with E-state index >= 15 is 0 Å². The molecule has 0 saturated heterocycles. The highest BCUT2D eigenvalue weighted by molar-refractivity contribution is 5.98. The van der Waals surface area contributed by atoms with Gasteiger partial charge in [-0.25, -0.2) is 4.79 Å². The summed E-state index contributed by atoms with van der Waals surface area (Å²) in [5.41, 5.74) is 9.87. The number of primary amides is 1. The topological polar surface area (TPSA) is 62.5 Å². The molecule has 0 bridgehead atoms. The van der Waals surface area contributed by atoms with E-state index < -0.39 is 6.03 Å². The van der Waals surface area contributed by atoms with Gasteiger partial charge in [0.25, 0.3) is 0 Å². The van der Waals surface area contributed by atoms with Crippen LogP contribution in [0.15, 0.2) is 42.7 Å². The van der Waals surface area contributed by atoms with E-state index in [1.807, 2.05) is 18.2 Å². The smallest absolute Gasteiger partial charge is 0.323 e. The summed E-state index contributed by atoms with van der Waals surface area (Å²) in [6, 6.07) is 10.2. The van der Waals surface area contributed by atoms with E-state index in [4.69, 9.17) is 5.73 Å². The van der Waals surface area contributed by atoms with Crippen LogP contribution < -0.4 is 10.6 Å². The SMILES string of the molecule is NC(=O)N(c1cccnc1)c1ccc2c(c1)CCN(C1CCC1)CC2. The van der Waals surface area contributed by atoms with Gasteiger partial charge in [-0.05, 0) is 61.1 Å². The maximum Gasteiger partial charge on any atom is 0.323 e. The lowest BCUT2D eigenvalue weighted by Crippen LogP contribution is -2.41. The van der Waals surface area contributed by atoms with Crippen LogP contribution >= 0.6 is 0 Å². The second-order valence-electron chi connectivity index (χ2n) is 6.96. The van der Waals surface area contributed by atoms with E-state index in [2.05, 4.69) is 22.0 Å². The van der Waals surface area contributed by atoms with E-state index in [0.717, 1.165) is 37.7 Å². The Kier molecular flexibility index (Phi) is 4.40. The fraction of sp³-hybridized carbons (Fsp3) is 0.400. The molecule has 1 saturated carbocycles. The van der Waals surface area contributed by atoms with Crippen LogP contribution in [-0.4, -0.2) is 35.0 Å². The third-order valence-corrected chi connectivity index (χ3v) is 5.50. The van der Waals surface area contributed by atoms with Crippen LogP contribution in [0.3, 0.4) is 0 Å². The van der Waals surface area contributed by atoms with Crippen LogP contribution in [-0.2, 0) is 12.8 Å². The number of carbonyl (C=O) groups excluding carboxylic acids is 1. The maximum atomic E-state index is 12.0. The second kappa shape index (κ2) is 6.84. The van der Waals surface area contributed by atoms with Gasteiger partial charge in [-0.2, -0.15) is 0 Å². The van der Waals surface area contributed by atoms with Crippen molar-refractivity contribution in [1.29, 1.82) is 0 Å². The van der Waals surface area contributed by atoms with Crippen LogP contribution in [0.25, 0.3) is 0 Å². The fourth-order valence-electron chi connectivity index (χ4n) is 3.87. The predicted molar refractivity (Wildman–Crippen MR) is 99.0 cm³/mol. The number of urea groups is 1. The highest BCUT2D eigenvalue weighted by Gasteiger charge is 2.26. The zero-order chi connectivity index (χ0) is 17.2. The lowest BCUT2D eigenvalue weighted by atomic mass is 9.91. The van der Waals surface area contributed by atoms with Crippen molar-refractivity contribution >= 4 is 17.4 Å². The molecule has 1 aromatic heterocycles. The van der Waals surface area contributed by atoms with E-state index in [0.29, 0.717) is 5.69 Å². The number of rotatable bonds is 3. The van der Waals surface area contributed by atoms with Gasteiger partial charge in [-0.3, -0.25) is 14.8 Å². The molecule has 0 radical (unpaired) electrons. The van der Waals surface area contributed by atoms with E-state index in [9.17, 15) is 4.79 Å². The molecule has 5 heteroatoms. The van der Waals surface area contributed by atoms with Crippen LogP contribution in [0.1, 0.15) is 30.4 Å². The largest absolute Gasteiger partial charge is 0.351 e. The van der Waals surface area contributed by atoms with Crippen molar-refractivity contribution in [2.45, 2.75) is 38.1 Å². The molecular weight excluding hydrogens is 312 g/mol. The molecule has 0 unspecified atom stereocenters. The summed E-state index contributed by atoms with van der Waals surface area (Å²) in [7, 11) is 0. The van der Waals surface area contributed by atoms with Crippen LogP contribution in [0.5, 0.6) is 0 Å². The Morgan fingerprint density at radius 3 is 2.56 bits per heavy atom. The lowest BCUT2D eigenvalue weighted by Gasteiger charge is -2.36. The van der Waals surface area contributed by atoms with Crippen molar-refractivity contribution in [2.24, 2.45) is 5.73 Å². The lowest BCUT2D eigenvalue weighted by molar-refractivity contribution is 0.133. The third-order valence-electron chi connectivity index (χ3n) is 5.50. The molecule has 25 heavy (non-hydrogen) atoms. The molecular formula is C20H24N4O. The molecule has 2 aromatic rings. The number of nitrogens with two attached hydrogens (primary N) is 1. The second-order valence-corrected chi connectivity index (χ2v) is 6.96. The highest BCUT2D eigenvalue weighted by Crippen LogP contribution is 2.30. The number of hydrogen-bond donors (Lipinski definition) is 1. The van der Waals surface area contributed by atoms with E-state index in [1.54, 1.807) is 12.4 Å². The van der Waals surface area contributed by atoms with Crippen LogP contribution in [0.2, 0.25) is 0 Å². The van der Waals surface area contributed by atoms with Crippen molar-refractivity contribution < 1.29 is 4.79 Å². The summed E-state index contributed by atoms with van der Waals surface area (Å²) in [6.07, 6.45) is 9.52. The zero-order valence-electron chi connectivity index (χ0n) is 14.4. The number of fused-ring (bicyclic) bond motifs is 1. The average molecular weight is 336 g/mol. The molecule has 4 rings (SSSR count). The summed E-state index contributed by atoms with van der Waals surface area (Å²) in [5.74, 6) is 0. The molecule has 1 aromatic carbocycles. The minimum absolute atomic E-state index is 0.488. The van der Waals surface area contributed by atoms with Gasteiger partial charge in [0.05, 0.1) is 17.6 Å². The average Bonchev–Trinajstić information content (AvgIpc) is 2.77. The monoisotopic (exact) mass is 336 g/mol. The Morgan fingerprint density at radius 2 is 1.92 bits per heavy atom. The first-order chi connectivity index (χ1) is 12.2. The normalized spacial score (nSPS) is 18.1. The number of anilines is 2. The van der Waals surface area contributed by atoms with Crippen LogP contribution in [0.4, 0.5) is 16.2 Å². The Morgan fingerprint density at radius 1 is 1.12 bits per heavy atom. The summed E-state index contributed by atoms with van der Waals surface area (Å²) in [5, 5.41) is 0. The van der Waals surface area contributed by atoms with Crippen molar-refractivity contribution in [2.75, 3.05) is 18.0 Å². The molecule has 2 amide bonds. The molecule has 1 aliphatic heterocycles. The van der Waals surface area contributed by atoms with Crippen molar-refractivity contribution in [3.63, 3.8) is 0 Å². The van der Waals surface area contributed by atoms with Gasteiger partial charge in [0.1, 0.15) is 0 Å². The van der Waals surface area contributed by atoms with Crippen LogP contribution in [0, 0.1) is 0 Å². The molecule has 1 fully saturated rings. The maximum absolute atomic E-state index is 12.0. The van der Waals surface area contributed by atoms with Crippen molar-refractivity contribution in [1.82, 2.24) is 9.88 Å². The molecule has 1 aliphatic carbocycles.